The third-order valence-electron chi connectivity index (χ3n) is 4.14. The largest absolute Gasteiger partial charge is 0.370 e. The molecule has 0 aromatic heterocycles. The number of methoxy groups -OCH3 is 1. The van der Waals surface area contributed by atoms with Crippen molar-refractivity contribution in [2.45, 2.75) is 18.2 Å². The van der Waals surface area contributed by atoms with Gasteiger partial charge in [-0.3, -0.25) is 4.90 Å². The van der Waals surface area contributed by atoms with Crippen LogP contribution in [0, 0.1) is 0 Å². The van der Waals surface area contributed by atoms with Crippen molar-refractivity contribution in [3.05, 3.63) is 29.8 Å². The van der Waals surface area contributed by atoms with E-state index in [1.165, 1.54) is 11.3 Å². The zero-order valence-corrected chi connectivity index (χ0v) is 10.1. The van der Waals surface area contributed by atoms with Crippen molar-refractivity contribution < 1.29 is 4.74 Å². The number of hydrogen-bond acceptors (Lipinski definition) is 3. The SMILES string of the molecule is COC12CCN(C)C1N(C)c1ccccc12. The maximum atomic E-state index is 5.91. The fraction of sp³-hybridized carbons (Fsp3) is 0.538. The maximum absolute atomic E-state index is 5.91. The molecule has 0 radical (unpaired) electrons. The summed E-state index contributed by atoms with van der Waals surface area (Å²) in [4.78, 5) is 4.72. The number of rotatable bonds is 1. The fourth-order valence-electron chi connectivity index (χ4n) is 3.42. The molecule has 16 heavy (non-hydrogen) atoms. The molecule has 3 heteroatoms. The van der Waals surface area contributed by atoms with Gasteiger partial charge < -0.3 is 9.64 Å². The lowest BCUT2D eigenvalue weighted by atomic mass is 9.92. The molecular formula is C13H18N2O. The molecule has 0 amide bonds. The standard InChI is InChI=1S/C13H18N2O/c1-14-9-8-13(16-3)10-6-4-5-7-11(10)15(2)12(13)14/h4-7,12H,8-9H2,1-3H3. The normalized spacial score (nSPS) is 32.9. The number of likely N-dealkylation sites (N-methyl/N-ethyl adjacent to an activating group) is 2. The molecule has 2 unspecified atom stereocenters. The number of benzene rings is 1. The van der Waals surface area contributed by atoms with Gasteiger partial charge in [-0.05, 0) is 19.5 Å². The fourth-order valence-corrected chi connectivity index (χ4v) is 3.42. The molecule has 0 spiro atoms. The van der Waals surface area contributed by atoms with Gasteiger partial charge >= 0.3 is 0 Å². The van der Waals surface area contributed by atoms with Crippen LogP contribution >= 0.6 is 0 Å². The van der Waals surface area contributed by atoms with Gasteiger partial charge in [-0.2, -0.15) is 0 Å². The Morgan fingerprint density at radius 3 is 2.81 bits per heavy atom. The number of hydrogen-bond donors (Lipinski definition) is 0. The van der Waals surface area contributed by atoms with Gasteiger partial charge in [0.2, 0.25) is 0 Å². The second-order valence-electron chi connectivity index (χ2n) is 4.83. The van der Waals surface area contributed by atoms with Crippen molar-refractivity contribution in [3.63, 3.8) is 0 Å². The summed E-state index contributed by atoms with van der Waals surface area (Å²) in [5.41, 5.74) is 2.52. The Labute approximate surface area is 96.6 Å². The van der Waals surface area contributed by atoms with Gasteiger partial charge in [0.1, 0.15) is 11.8 Å². The summed E-state index contributed by atoms with van der Waals surface area (Å²) in [6.07, 6.45) is 1.42. The number of nitrogens with zero attached hydrogens (tertiary/aromatic N) is 2. The van der Waals surface area contributed by atoms with Gasteiger partial charge in [0.05, 0.1) is 0 Å². The van der Waals surface area contributed by atoms with Crippen LogP contribution in [-0.2, 0) is 10.3 Å². The van der Waals surface area contributed by atoms with Crippen molar-refractivity contribution in [2.24, 2.45) is 0 Å². The van der Waals surface area contributed by atoms with E-state index in [2.05, 4.69) is 48.2 Å². The van der Waals surface area contributed by atoms with E-state index in [0.717, 1.165) is 13.0 Å². The summed E-state index contributed by atoms with van der Waals surface area (Å²) in [5, 5.41) is 0. The molecule has 0 N–H and O–H groups in total. The Hall–Kier alpha value is -1.06. The summed E-state index contributed by atoms with van der Waals surface area (Å²) >= 11 is 0. The minimum atomic E-state index is -0.125. The first-order valence-corrected chi connectivity index (χ1v) is 5.78. The molecule has 2 heterocycles. The van der Waals surface area contributed by atoms with Gasteiger partial charge in [-0.1, -0.05) is 18.2 Å². The van der Waals surface area contributed by atoms with Gasteiger partial charge in [0.25, 0.3) is 0 Å². The number of para-hydroxylation sites is 1. The van der Waals surface area contributed by atoms with E-state index >= 15 is 0 Å². The van der Waals surface area contributed by atoms with Crippen LogP contribution < -0.4 is 4.90 Å². The molecule has 2 atom stereocenters. The summed E-state index contributed by atoms with van der Waals surface area (Å²) in [7, 11) is 6.17. The predicted molar refractivity (Wildman–Crippen MR) is 64.6 cm³/mol. The first kappa shape index (κ1) is 10.1. The lowest BCUT2D eigenvalue weighted by molar-refractivity contribution is -0.0294. The van der Waals surface area contributed by atoms with Gasteiger partial charge in [-0.25, -0.2) is 0 Å². The molecule has 1 saturated heterocycles. The number of anilines is 1. The van der Waals surface area contributed by atoms with E-state index in [-0.39, 0.29) is 5.60 Å². The monoisotopic (exact) mass is 218 g/mol. The van der Waals surface area contributed by atoms with Crippen molar-refractivity contribution in [3.8, 4) is 0 Å². The second kappa shape index (κ2) is 3.22. The Morgan fingerprint density at radius 2 is 2.06 bits per heavy atom. The highest BCUT2D eigenvalue weighted by Crippen LogP contribution is 2.51. The van der Waals surface area contributed by atoms with Crippen LogP contribution in [0.5, 0.6) is 0 Å². The van der Waals surface area contributed by atoms with Crippen LogP contribution in [-0.4, -0.2) is 38.8 Å². The first-order chi connectivity index (χ1) is 7.70. The minimum Gasteiger partial charge on any atom is -0.370 e. The zero-order valence-electron chi connectivity index (χ0n) is 10.1. The molecule has 2 aliphatic rings. The molecule has 1 aromatic rings. The lowest BCUT2D eigenvalue weighted by Gasteiger charge is -2.33. The predicted octanol–water partition coefficient (Wildman–Crippen LogP) is 1.64. The molecule has 2 aliphatic heterocycles. The summed E-state index contributed by atoms with van der Waals surface area (Å²) in [6.45, 7) is 1.09. The minimum absolute atomic E-state index is 0.125. The Kier molecular flexibility index (Phi) is 2.03. The van der Waals surface area contributed by atoms with E-state index in [1.807, 2.05) is 7.11 Å². The molecule has 86 valence electrons. The number of fused-ring (bicyclic) bond motifs is 3. The van der Waals surface area contributed by atoms with Crippen LogP contribution in [0.15, 0.2) is 24.3 Å². The molecular weight excluding hydrogens is 200 g/mol. The highest BCUT2D eigenvalue weighted by molar-refractivity contribution is 5.63. The Balaban J connectivity index is 2.20. The lowest BCUT2D eigenvalue weighted by Crippen LogP contribution is -2.47. The van der Waals surface area contributed by atoms with E-state index in [9.17, 15) is 0 Å². The molecule has 0 saturated carbocycles. The average molecular weight is 218 g/mol. The molecule has 1 fully saturated rings. The van der Waals surface area contributed by atoms with Crippen molar-refractivity contribution >= 4 is 5.69 Å². The summed E-state index contributed by atoms with van der Waals surface area (Å²) in [5.74, 6) is 0. The smallest absolute Gasteiger partial charge is 0.130 e. The van der Waals surface area contributed by atoms with Crippen molar-refractivity contribution in [2.75, 3.05) is 32.6 Å². The summed E-state index contributed by atoms with van der Waals surface area (Å²) < 4.78 is 5.91. The van der Waals surface area contributed by atoms with Crippen LogP contribution in [0.1, 0.15) is 12.0 Å². The number of ether oxygens (including phenoxy) is 1. The van der Waals surface area contributed by atoms with Crippen LogP contribution in [0.4, 0.5) is 5.69 Å². The molecule has 0 aliphatic carbocycles. The molecule has 1 aromatic carbocycles. The van der Waals surface area contributed by atoms with E-state index in [4.69, 9.17) is 4.74 Å². The Morgan fingerprint density at radius 1 is 1.31 bits per heavy atom. The first-order valence-electron chi connectivity index (χ1n) is 5.78. The molecule has 3 rings (SSSR count). The second-order valence-corrected chi connectivity index (χ2v) is 4.83. The van der Waals surface area contributed by atoms with Gasteiger partial charge in [0, 0.05) is 32.0 Å². The van der Waals surface area contributed by atoms with E-state index in [0.29, 0.717) is 6.17 Å². The van der Waals surface area contributed by atoms with Crippen LogP contribution in [0.2, 0.25) is 0 Å². The van der Waals surface area contributed by atoms with Crippen molar-refractivity contribution in [1.82, 2.24) is 4.90 Å². The highest BCUT2D eigenvalue weighted by Gasteiger charge is 2.55. The summed E-state index contributed by atoms with van der Waals surface area (Å²) in [6, 6.07) is 8.59. The van der Waals surface area contributed by atoms with E-state index in [1.54, 1.807) is 0 Å². The highest BCUT2D eigenvalue weighted by atomic mass is 16.5. The van der Waals surface area contributed by atoms with Crippen molar-refractivity contribution in [1.29, 1.82) is 0 Å². The topological polar surface area (TPSA) is 15.7 Å². The van der Waals surface area contributed by atoms with Crippen LogP contribution in [0.3, 0.4) is 0 Å². The van der Waals surface area contributed by atoms with Gasteiger partial charge in [-0.15, -0.1) is 0 Å². The number of likely N-dealkylation sites (tertiary alicyclic amines) is 1. The van der Waals surface area contributed by atoms with Crippen LogP contribution in [0.25, 0.3) is 0 Å². The maximum Gasteiger partial charge on any atom is 0.130 e. The average Bonchev–Trinajstić information content (AvgIpc) is 2.78. The Bertz CT molecular complexity index is 420. The molecule has 3 nitrogen and oxygen atoms in total. The third-order valence-corrected chi connectivity index (χ3v) is 4.14. The quantitative estimate of drug-likeness (QED) is 0.712. The third kappa shape index (κ3) is 1.00. The van der Waals surface area contributed by atoms with Gasteiger partial charge in [0.15, 0.2) is 0 Å². The zero-order chi connectivity index (χ0) is 11.3. The molecule has 0 bridgehead atoms. The van der Waals surface area contributed by atoms with E-state index < -0.39 is 0 Å².